The summed E-state index contributed by atoms with van der Waals surface area (Å²) in [6.45, 7) is 0. The molecule has 0 saturated carbocycles. The summed E-state index contributed by atoms with van der Waals surface area (Å²) < 4.78 is 33.7. The molecule has 39 heavy (non-hydrogen) atoms. The molecule has 0 aliphatic rings. The summed E-state index contributed by atoms with van der Waals surface area (Å²) in [7, 11) is 8.28. The zero-order valence-electron chi connectivity index (χ0n) is 23.3. The molecule has 0 atom stereocenters. The van der Waals surface area contributed by atoms with Gasteiger partial charge in [-0.1, -0.05) is 30.3 Å². The molecule has 0 saturated heterocycles. The molecule has 0 aliphatic carbocycles. The zero-order valence-corrected chi connectivity index (χ0v) is 23.3. The van der Waals surface area contributed by atoms with Gasteiger partial charge in [-0.2, -0.15) is 0 Å². The molecule has 0 heterocycles. The normalized spacial score (nSPS) is 10.6. The summed E-state index contributed by atoms with van der Waals surface area (Å²) in [4.78, 5) is 0. The van der Waals surface area contributed by atoms with Crippen molar-refractivity contribution in [3.8, 4) is 40.2 Å². The van der Waals surface area contributed by atoms with Crippen LogP contribution in [-0.4, -0.2) is 35.5 Å². The predicted octanol–water partition coefficient (Wildman–Crippen LogP) is 7.09. The third kappa shape index (κ3) is 7.17. The van der Waals surface area contributed by atoms with Crippen molar-refractivity contribution in [3.05, 3.63) is 101 Å². The smallest absolute Gasteiger partial charge is 0.169 e. The van der Waals surface area contributed by atoms with Crippen LogP contribution in [0.1, 0.15) is 22.3 Å². The van der Waals surface area contributed by atoms with Gasteiger partial charge in [-0.15, -0.1) is 0 Å². The summed E-state index contributed by atoms with van der Waals surface area (Å²) in [6.07, 6.45) is 3.38. The second-order valence-corrected chi connectivity index (χ2v) is 9.10. The maximum absolute atomic E-state index is 6.35. The summed E-state index contributed by atoms with van der Waals surface area (Å²) in [5.41, 5.74) is 4.62. The van der Waals surface area contributed by atoms with Crippen molar-refractivity contribution >= 4 is 0 Å². The maximum atomic E-state index is 6.35. The lowest BCUT2D eigenvalue weighted by molar-refractivity contribution is 0.354. The van der Waals surface area contributed by atoms with Crippen LogP contribution < -0.4 is 28.4 Å². The number of methoxy groups -OCH3 is 5. The van der Waals surface area contributed by atoms with Gasteiger partial charge in [-0.3, -0.25) is 0 Å². The van der Waals surface area contributed by atoms with E-state index in [1.54, 1.807) is 35.5 Å². The summed E-state index contributed by atoms with van der Waals surface area (Å²) in [5.74, 6) is 5.12. The van der Waals surface area contributed by atoms with Gasteiger partial charge >= 0.3 is 0 Å². The van der Waals surface area contributed by atoms with Crippen LogP contribution in [0, 0.1) is 0 Å². The summed E-state index contributed by atoms with van der Waals surface area (Å²) in [6, 6.07) is 26.2. The lowest BCUT2D eigenvalue weighted by Crippen LogP contribution is -1.99. The Balaban J connectivity index is 1.48. The van der Waals surface area contributed by atoms with Gasteiger partial charge < -0.3 is 28.4 Å². The van der Waals surface area contributed by atoms with Crippen molar-refractivity contribution in [2.24, 2.45) is 0 Å². The fourth-order valence-corrected chi connectivity index (χ4v) is 4.50. The van der Waals surface area contributed by atoms with E-state index < -0.39 is 0 Å². The van der Waals surface area contributed by atoms with Crippen LogP contribution in [0.15, 0.2) is 78.9 Å². The predicted molar refractivity (Wildman–Crippen MR) is 153 cm³/mol. The van der Waals surface area contributed by atoms with Crippen molar-refractivity contribution in [1.82, 2.24) is 0 Å². The lowest BCUT2D eigenvalue weighted by Gasteiger charge is -2.16. The molecule has 0 amide bonds. The van der Waals surface area contributed by atoms with Crippen LogP contribution in [-0.2, 0) is 25.7 Å². The fraction of sp³-hybridized carbons (Fsp3) is 0.273. The van der Waals surface area contributed by atoms with Gasteiger partial charge in [0.25, 0.3) is 0 Å². The van der Waals surface area contributed by atoms with Crippen molar-refractivity contribution in [2.75, 3.05) is 35.5 Å². The molecule has 0 aromatic heterocycles. The van der Waals surface area contributed by atoms with Gasteiger partial charge in [-0.05, 0) is 90.4 Å². The van der Waals surface area contributed by atoms with Gasteiger partial charge in [0.15, 0.2) is 23.0 Å². The molecule has 0 aliphatic heterocycles. The molecular formula is C33H36O6. The average Bonchev–Trinajstić information content (AvgIpc) is 2.99. The highest BCUT2D eigenvalue weighted by molar-refractivity contribution is 5.52. The van der Waals surface area contributed by atoms with Crippen LogP contribution in [0.25, 0.3) is 0 Å². The molecule has 0 spiro atoms. The Bertz CT molecular complexity index is 1360. The van der Waals surface area contributed by atoms with Crippen molar-refractivity contribution in [1.29, 1.82) is 0 Å². The Hall–Kier alpha value is -4.32. The van der Waals surface area contributed by atoms with Crippen LogP contribution in [0.3, 0.4) is 0 Å². The van der Waals surface area contributed by atoms with E-state index >= 15 is 0 Å². The van der Waals surface area contributed by atoms with E-state index in [2.05, 4.69) is 30.3 Å². The first kappa shape index (κ1) is 27.7. The van der Waals surface area contributed by atoms with E-state index in [-0.39, 0.29) is 0 Å². The Kier molecular flexibility index (Phi) is 9.57. The highest BCUT2D eigenvalue weighted by atomic mass is 16.5. The van der Waals surface area contributed by atoms with Gasteiger partial charge in [0.2, 0.25) is 0 Å². The van der Waals surface area contributed by atoms with Gasteiger partial charge in [0.05, 0.1) is 35.5 Å². The molecule has 6 heteroatoms. The number of benzene rings is 4. The van der Waals surface area contributed by atoms with E-state index in [1.807, 2.05) is 48.5 Å². The third-order valence-corrected chi connectivity index (χ3v) is 6.69. The Morgan fingerprint density at radius 2 is 1.03 bits per heavy atom. The van der Waals surface area contributed by atoms with Gasteiger partial charge in [0, 0.05) is 6.07 Å². The van der Waals surface area contributed by atoms with Gasteiger partial charge in [-0.25, -0.2) is 0 Å². The van der Waals surface area contributed by atoms with E-state index in [0.29, 0.717) is 11.5 Å². The van der Waals surface area contributed by atoms with Crippen molar-refractivity contribution in [2.45, 2.75) is 25.7 Å². The number of aryl methyl sites for hydroxylation is 4. The standard InChI is InChI=1S/C33H36O6/c1-34-27-16-12-23(13-17-27)11-15-26-21-33(32(38-5)22-30(26)36-3)39-28-8-6-7-24(19-28)9-10-25-14-18-29(35-2)31(20-25)37-4/h6-8,12-14,16-22H,9-11,15H2,1-5H3. The van der Waals surface area contributed by atoms with Crippen LogP contribution >= 0.6 is 0 Å². The molecular weight excluding hydrogens is 492 g/mol. The maximum Gasteiger partial charge on any atom is 0.169 e. The first-order chi connectivity index (χ1) is 19.1. The SMILES string of the molecule is COc1ccc(CCc2cc(Oc3cccc(CCc4ccc(OC)c(OC)c4)c3)c(OC)cc2OC)cc1. The largest absolute Gasteiger partial charge is 0.497 e. The molecule has 4 aromatic carbocycles. The van der Waals surface area contributed by atoms with E-state index in [9.17, 15) is 0 Å². The molecule has 4 rings (SSSR count). The molecule has 0 fully saturated rings. The van der Waals surface area contributed by atoms with Crippen LogP contribution in [0.4, 0.5) is 0 Å². The Morgan fingerprint density at radius 1 is 0.410 bits per heavy atom. The van der Waals surface area contributed by atoms with E-state index in [4.69, 9.17) is 28.4 Å². The molecule has 204 valence electrons. The minimum Gasteiger partial charge on any atom is -0.497 e. The number of rotatable bonds is 13. The van der Waals surface area contributed by atoms with E-state index in [0.717, 1.165) is 60.0 Å². The molecule has 6 nitrogen and oxygen atoms in total. The van der Waals surface area contributed by atoms with Crippen LogP contribution in [0.2, 0.25) is 0 Å². The Labute approximate surface area is 231 Å². The molecule has 0 unspecified atom stereocenters. The topological polar surface area (TPSA) is 55.4 Å². The van der Waals surface area contributed by atoms with E-state index in [1.165, 1.54) is 16.7 Å². The highest BCUT2D eigenvalue weighted by Crippen LogP contribution is 2.38. The number of hydrogen-bond donors (Lipinski definition) is 0. The summed E-state index contributed by atoms with van der Waals surface area (Å²) >= 11 is 0. The summed E-state index contributed by atoms with van der Waals surface area (Å²) in [5, 5.41) is 0. The lowest BCUT2D eigenvalue weighted by atomic mass is 10.0. The van der Waals surface area contributed by atoms with Crippen molar-refractivity contribution < 1.29 is 28.4 Å². The highest BCUT2D eigenvalue weighted by Gasteiger charge is 2.14. The quantitative estimate of drug-likeness (QED) is 0.185. The second-order valence-electron chi connectivity index (χ2n) is 9.10. The minimum atomic E-state index is 0.621. The monoisotopic (exact) mass is 528 g/mol. The minimum absolute atomic E-state index is 0.621. The molecule has 0 N–H and O–H groups in total. The van der Waals surface area contributed by atoms with Crippen molar-refractivity contribution in [3.63, 3.8) is 0 Å². The average molecular weight is 529 g/mol. The zero-order chi connectivity index (χ0) is 27.6. The molecule has 4 aromatic rings. The van der Waals surface area contributed by atoms with Gasteiger partial charge in [0.1, 0.15) is 17.2 Å². The third-order valence-electron chi connectivity index (χ3n) is 6.69. The second kappa shape index (κ2) is 13.5. The number of hydrogen-bond acceptors (Lipinski definition) is 6. The molecule has 0 radical (unpaired) electrons. The Morgan fingerprint density at radius 3 is 1.69 bits per heavy atom. The fourth-order valence-electron chi connectivity index (χ4n) is 4.50. The first-order valence-electron chi connectivity index (χ1n) is 12.9. The molecule has 0 bridgehead atoms. The number of ether oxygens (including phenoxy) is 6. The van der Waals surface area contributed by atoms with Crippen LogP contribution in [0.5, 0.6) is 40.2 Å². The first-order valence-corrected chi connectivity index (χ1v) is 12.9.